The van der Waals surface area contributed by atoms with Gasteiger partial charge >= 0.3 is 0 Å². The number of fused-ring (bicyclic) bond motifs is 1. The molecule has 0 aromatic heterocycles. The molecule has 1 aromatic rings. The van der Waals surface area contributed by atoms with Gasteiger partial charge in [0.25, 0.3) is 5.91 Å². The molecule has 2 aliphatic carbocycles. The van der Waals surface area contributed by atoms with E-state index in [1.54, 1.807) is 6.07 Å². The van der Waals surface area contributed by atoms with Crippen molar-refractivity contribution in [3.05, 3.63) is 29.6 Å². The van der Waals surface area contributed by atoms with Crippen molar-refractivity contribution in [3.63, 3.8) is 0 Å². The Hall–Kier alpha value is -2.11. The maximum Gasteiger partial charge on any atom is 0.262 e. The minimum atomic E-state index is -0.824. The van der Waals surface area contributed by atoms with Crippen molar-refractivity contribution in [3.8, 4) is 5.75 Å². The predicted molar refractivity (Wildman–Crippen MR) is 89.6 cm³/mol. The van der Waals surface area contributed by atoms with E-state index in [1.807, 2.05) is 0 Å². The van der Waals surface area contributed by atoms with Gasteiger partial charge in [-0.2, -0.15) is 0 Å². The highest BCUT2D eigenvalue weighted by atomic mass is 19.1. The molecule has 0 bridgehead atoms. The fourth-order valence-corrected chi connectivity index (χ4v) is 3.80. The maximum atomic E-state index is 13.3. The number of amides is 2. The molecule has 0 saturated heterocycles. The largest absolute Gasteiger partial charge is 0.480 e. The van der Waals surface area contributed by atoms with Gasteiger partial charge in [0.1, 0.15) is 17.1 Å². The molecular weight excluding hydrogens is 323 g/mol. The highest BCUT2D eigenvalue weighted by Gasteiger charge is 2.44. The van der Waals surface area contributed by atoms with Crippen LogP contribution in [0.25, 0.3) is 0 Å². The second-order valence-corrected chi connectivity index (χ2v) is 7.49. The molecule has 0 unspecified atom stereocenters. The monoisotopic (exact) mass is 346 g/mol. The highest BCUT2D eigenvalue weighted by Crippen LogP contribution is 2.33. The summed E-state index contributed by atoms with van der Waals surface area (Å²) in [6.45, 7) is 0.696. The van der Waals surface area contributed by atoms with Crippen LogP contribution >= 0.6 is 0 Å². The molecule has 134 valence electrons. The van der Waals surface area contributed by atoms with Crippen molar-refractivity contribution >= 4 is 11.8 Å². The second kappa shape index (κ2) is 6.32. The zero-order chi connectivity index (χ0) is 17.4. The summed E-state index contributed by atoms with van der Waals surface area (Å²) in [5.74, 6) is 0.433. The van der Waals surface area contributed by atoms with Crippen molar-refractivity contribution in [2.75, 3.05) is 6.54 Å². The van der Waals surface area contributed by atoms with E-state index >= 15 is 0 Å². The van der Waals surface area contributed by atoms with Crippen LogP contribution in [0.15, 0.2) is 18.2 Å². The SMILES string of the molecule is O=C(NC1(C(=O)NCC2CC2)CCCC1)[C@H]1Cc2cc(F)ccc2O1. The number of rotatable bonds is 5. The summed E-state index contributed by atoms with van der Waals surface area (Å²) in [6.07, 6.45) is 5.13. The van der Waals surface area contributed by atoms with Gasteiger partial charge in [0.05, 0.1) is 0 Å². The van der Waals surface area contributed by atoms with Crippen molar-refractivity contribution in [1.29, 1.82) is 0 Å². The second-order valence-electron chi connectivity index (χ2n) is 7.49. The minimum absolute atomic E-state index is 0.0770. The molecule has 1 aliphatic heterocycles. The van der Waals surface area contributed by atoms with Crippen molar-refractivity contribution in [2.24, 2.45) is 5.92 Å². The van der Waals surface area contributed by atoms with Crippen LogP contribution in [0.3, 0.4) is 0 Å². The standard InChI is InChI=1S/C19H23FN2O3/c20-14-5-6-15-13(9-14)10-16(25-15)17(23)22-19(7-1-2-8-19)18(24)21-11-12-3-4-12/h5-6,9,12,16H,1-4,7-8,10-11H2,(H,21,24)(H,22,23)/t16-/m1/s1. The summed E-state index contributed by atoms with van der Waals surface area (Å²) in [6, 6.07) is 4.27. The lowest BCUT2D eigenvalue weighted by atomic mass is 9.95. The summed E-state index contributed by atoms with van der Waals surface area (Å²) >= 11 is 0. The first kappa shape index (κ1) is 16.4. The molecule has 25 heavy (non-hydrogen) atoms. The van der Waals surface area contributed by atoms with Gasteiger partial charge in [-0.05, 0) is 49.8 Å². The van der Waals surface area contributed by atoms with E-state index in [2.05, 4.69) is 10.6 Å². The van der Waals surface area contributed by atoms with Gasteiger partial charge in [-0.15, -0.1) is 0 Å². The van der Waals surface area contributed by atoms with Crippen molar-refractivity contribution in [2.45, 2.75) is 56.6 Å². The predicted octanol–water partition coefficient (Wildman–Crippen LogP) is 2.08. The number of ether oxygens (including phenoxy) is 1. The number of hydrogen-bond acceptors (Lipinski definition) is 3. The highest BCUT2D eigenvalue weighted by molar-refractivity contribution is 5.93. The topological polar surface area (TPSA) is 67.4 Å². The van der Waals surface area contributed by atoms with Crippen LogP contribution in [0.2, 0.25) is 0 Å². The van der Waals surface area contributed by atoms with Gasteiger partial charge in [-0.3, -0.25) is 9.59 Å². The third-order valence-corrected chi connectivity index (χ3v) is 5.49. The molecule has 3 aliphatic rings. The third-order valence-electron chi connectivity index (χ3n) is 5.49. The first-order valence-corrected chi connectivity index (χ1v) is 9.11. The number of hydrogen-bond donors (Lipinski definition) is 2. The van der Waals surface area contributed by atoms with Crippen LogP contribution in [0.5, 0.6) is 5.75 Å². The summed E-state index contributed by atoms with van der Waals surface area (Å²) in [5, 5.41) is 5.96. The molecule has 0 spiro atoms. The zero-order valence-corrected chi connectivity index (χ0v) is 14.1. The fraction of sp³-hybridized carbons (Fsp3) is 0.579. The number of halogens is 1. The summed E-state index contributed by atoms with van der Waals surface area (Å²) < 4.78 is 19.0. The van der Waals surface area contributed by atoms with Crippen LogP contribution in [0, 0.1) is 11.7 Å². The summed E-state index contributed by atoms with van der Waals surface area (Å²) in [4.78, 5) is 25.4. The molecule has 1 heterocycles. The van der Waals surface area contributed by atoms with E-state index < -0.39 is 11.6 Å². The molecular formula is C19H23FN2O3. The van der Waals surface area contributed by atoms with Crippen LogP contribution < -0.4 is 15.4 Å². The molecule has 2 amide bonds. The lowest BCUT2D eigenvalue weighted by Crippen LogP contribution is -2.59. The molecule has 2 saturated carbocycles. The average Bonchev–Trinajstić information content (AvgIpc) is 3.13. The Morgan fingerprint density at radius 3 is 2.72 bits per heavy atom. The maximum absolute atomic E-state index is 13.3. The number of benzene rings is 1. The summed E-state index contributed by atoms with van der Waals surface area (Å²) in [7, 11) is 0. The first-order valence-electron chi connectivity index (χ1n) is 9.11. The third kappa shape index (κ3) is 3.34. The molecule has 1 aromatic carbocycles. The lowest BCUT2D eigenvalue weighted by molar-refractivity contribution is -0.136. The molecule has 5 nitrogen and oxygen atoms in total. The van der Waals surface area contributed by atoms with Gasteiger partial charge in [0.2, 0.25) is 5.91 Å². The lowest BCUT2D eigenvalue weighted by Gasteiger charge is -2.30. The normalized spacial score (nSPS) is 23.6. The van der Waals surface area contributed by atoms with Gasteiger partial charge in [0, 0.05) is 18.5 Å². The number of carbonyl (C=O) groups is 2. The Labute approximate surface area is 146 Å². The van der Waals surface area contributed by atoms with Gasteiger partial charge in [-0.1, -0.05) is 12.8 Å². The van der Waals surface area contributed by atoms with Crippen LogP contribution in [0.1, 0.15) is 44.1 Å². The Balaban J connectivity index is 1.42. The Bertz CT molecular complexity index is 696. The Kier molecular flexibility index (Phi) is 4.13. The van der Waals surface area contributed by atoms with Gasteiger partial charge in [-0.25, -0.2) is 4.39 Å². The van der Waals surface area contributed by atoms with Gasteiger partial charge < -0.3 is 15.4 Å². The van der Waals surface area contributed by atoms with Gasteiger partial charge in [0.15, 0.2) is 6.10 Å². The Morgan fingerprint density at radius 1 is 1.24 bits per heavy atom. The molecule has 0 radical (unpaired) electrons. The quantitative estimate of drug-likeness (QED) is 0.858. The van der Waals surface area contributed by atoms with Crippen molar-refractivity contribution < 1.29 is 18.7 Å². The molecule has 4 rings (SSSR count). The van der Waals surface area contributed by atoms with Crippen LogP contribution in [-0.4, -0.2) is 30.0 Å². The van der Waals surface area contributed by atoms with Crippen LogP contribution in [0.4, 0.5) is 4.39 Å². The molecule has 1 atom stereocenters. The fourth-order valence-electron chi connectivity index (χ4n) is 3.80. The molecule has 2 N–H and O–H groups in total. The van der Waals surface area contributed by atoms with E-state index in [1.165, 1.54) is 25.0 Å². The smallest absolute Gasteiger partial charge is 0.262 e. The van der Waals surface area contributed by atoms with Crippen molar-refractivity contribution in [1.82, 2.24) is 10.6 Å². The van der Waals surface area contributed by atoms with Crippen LogP contribution in [-0.2, 0) is 16.0 Å². The number of nitrogens with one attached hydrogen (secondary N) is 2. The molecule has 6 heteroatoms. The van der Waals surface area contributed by atoms with E-state index in [0.29, 0.717) is 43.0 Å². The minimum Gasteiger partial charge on any atom is -0.480 e. The van der Waals surface area contributed by atoms with E-state index in [9.17, 15) is 14.0 Å². The number of carbonyl (C=O) groups excluding carboxylic acids is 2. The van der Waals surface area contributed by atoms with E-state index in [-0.39, 0.29) is 17.6 Å². The van der Waals surface area contributed by atoms with E-state index in [4.69, 9.17) is 4.74 Å². The van der Waals surface area contributed by atoms with E-state index in [0.717, 1.165) is 12.8 Å². The zero-order valence-electron chi connectivity index (χ0n) is 14.1. The Morgan fingerprint density at radius 2 is 2.00 bits per heavy atom. The molecule has 2 fully saturated rings. The first-order chi connectivity index (χ1) is 12.1. The average molecular weight is 346 g/mol. The summed E-state index contributed by atoms with van der Waals surface area (Å²) in [5.41, 5.74) is -0.131.